The number of rotatable bonds is 4. The van der Waals surface area contributed by atoms with Gasteiger partial charge in [0.25, 0.3) is 0 Å². The van der Waals surface area contributed by atoms with Crippen LogP contribution in [0.25, 0.3) is 0 Å². The molecule has 2 rings (SSSR count). The van der Waals surface area contributed by atoms with Gasteiger partial charge in [0.15, 0.2) is 0 Å². The maximum absolute atomic E-state index is 4.70. The summed E-state index contributed by atoms with van der Waals surface area (Å²) < 4.78 is 0. The van der Waals surface area contributed by atoms with E-state index >= 15 is 0 Å². The Bertz CT molecular complexity index is 299. The number of hydrazone groups is 1. The fraction of sp³-hybridized carbons (Fsp3) is 0.933. The first-order chi connectivity index (χ1) is 9.09. The van der Waals surface area contributed by atoms with Crippen LogP contribution in [0.15, 0.2) is 5.10 Å². The molecule has 1 saturated carbocycles. The summed E-state index contributed by atoms with van der Waals surface area (Å²) >= 11 is 0. The summed E-state index contributed by atoms with van der Waals surface area (Å²) in [5.74, 6) is 2.54. The summed E-state index contributed by atoms with van der Waals surface area (Å²) in [7, 11) is 0. The molecule has 0 aromatic rings. The Morgan fingerprint density at radius 3 is 2.47 bits per heavy atom. The molecule has 0 radical (unpaired) electrons. The summed E-state index contributed by atoms with van der Waals surface area (Å²) in [6, 6.07) is 0. The minimum absolute atomic E-state index is 0.284. The minimum Gasteiger partial charge on any atom is -0.291 e. The number of hydrogen-bond acceptors (Lipinski definition) is 4. The van der Waals surface area contributed by atoms with Crippen LogP contribution in [0.5, 0.6) is 0 Å². The number of hydrogen-bond donors (Lipinski definition) is 3. The van der Waals surface area contributed by atoms with Crippen LogP contribution in [-0.4, -0.2) is 18.4 Å². The van der Waals surface area contributed by atoms with Gasteiger partial charge in [-0.15, -0.1) is 0 Å². The second-order valence-corrected chi connectivity index (χ2v) is 6.69. The molecule has 0 spiro atoms. The van der Waals surface area contributed by atoms with Crippen LogP contribution >= 0.6 is 0 Å². The molecule has 2 aliphatic rings. The van der Waals surface area contributed by atoms with Gasteiger partial charge in [0.05, 0.1) is 0 Å². The van der Waals surface area contributed by atoms with Crippen molar-refractivity contribution < 1.29 is 0 Å². The van der Waals surface area contributed by atoms with E-state index in [1.807, 2.05) is 0 Å². The van der Waals surface area contributed by atoms with Crippen LogP contribution in [0.1, 0.15) is 53.4 Å². The molecule has 4 nitrogen and oxygen atoms in total. The van der Waals surface area contributed by atoms with Crippen molar-refractivity contribution in [2.24, 2.45) is 28.8 Å². The third-order valence-corrected chi connectivity index (χ3v) is 4.53. The van der Waals surface area contributed by atoms with Gasteiger partial charge in [0.2, 0.25) is 0 Å². The Kier molecular flexibility index (Phi) is 5.22. The molecule has 3 N–H and O–H groups in total. The van der Waals surface area contributed by atoms with E-state index in [-0.39, 0.29) is 6.17 Å². The third-order valence-electron chi connectivity index (χ3n) is 4.53. The van der Waals surface area contributed by atoms with Crippen molar-refractivity contribution in [3.8, 4) is 0 Å². The smallest absolute Gasteiger partial charge is 0.109 e. The van der Waals surface area contributed by atoms with Gasteiger partial charge in [-0.1, -0.05) is 40.5 Å². The van der Waals surface area contributed by atoms with Gasteiger partial charge < -0.3 is 0 Å². The van der Waals surface area contributed by atoms with E-state index in [1.54, 1.807) is 0 Å². The summed E-state index contributed by atoms with van der Waals surface area (Å²) in [5.41, 5.74) is 11.4. The van der Waals surface area contributed by atoms with E-state index < -0.39 is 0 Å². The fourth-order valence-electron chi connectivity index (χ4n) is 3.53. The van der Waals surface area contributed by atoms with Crippen LogP contribution in [0.2, 0.25) is 0 Å². The average molecular weight is 266 g/mol. The monoisotopic (exact) mass is 266 g/mol. The number of nitrogens with one attached hydrogen (secondary N) is 3. The topological polar surface area (TPSA) is 48.5 Å². The number of fused-ring (bicyclic) bond motifs is 1. The third kappa shape index (κ3) is 3.69. The van der Waals surface area contributed by atoms with Crippen molar-refractivity contribution in [2.45, 2.75) is 59.5 Å². The highest BCUT2D eigenvalue weighted by atomic mass is 15.5. The Morgan fingerprint density at radius 1 is 1.11 bits per heavy atom. The van der Waals surface area contributed by atoms with Gasteiger partial charge >= 0.3 is 0 Å². The molecule has 1 saturated heterocycles. The molecule has 19 heavy (non-hydrogen) atoms. The highest BCUT2D eigenvalue weighted by Crippen LogP contribution is 2.32. The first-order valence-electron chi connectivity index (χ1n) is 7.91. The SMILES string of the molecule is CC(C)C(=NNC1NNCC2CCCCC21)C(C)C. The maximum Gasteiger partial charge on any atom is 0.109 e. The number of nitrogens with zero attached hydrogens (tertiary/aromatic N) is 1. The second kappa shape index (κ2) is 6.71. The first-order valence-corrected chi connectivity index (χ1v) is 7.91. The van der Waals surface area contributed by atoms with Crippen LogP contribution in [-0.2, 0) is 0 Å². The molecule has 1 aliphatic heterocycles. The van der Waals surface area contributed by atoms with Crippen molar-refractivity contribution in [3.63, 3.8) is 0 Å². The van der Waals surface area contributed by atoms with Gasteiger partial charge in [-0.05, 0) is 36.5 Å². The van der Waals surface area contributed by atoms with E-state index in [1.165, 1.54) is 31.4 Å². The largest absolute Gasteiger partial charge is 0.291 e. The summed E-state index contributed by atoms with van der Waals surface area (Å²) in [6.07, 6.45) is 5.73. The standard InChI is InChI=1S/C15H30N4/c1-10(2)14(11(3)4)17-19-15-13-8-6-5-7-12(13)9-16-18-15/h10-13,15-16,18-19H,5-9H2,1-4H3. The second-order valence-electron chi connectivity index (χ2n) is 6.69. The average Bonchev–Trinajstić information content (AvgIpc) is 2.38. The zero-order valence-corrected chi connectivity index (χ0v) is 12.9. The Morgan fingerprint density at radius 2 is 1.79 bits per heavy atom. The maximum atomic E-state index is 4.70. The first kappa shape index (κ1) is 14.8. The summed E-state index contributed by atoms with van der Waals surface area (Å²) in [5, 5.41) is 4.70. The molecule has 110 valence electrons. The van der Waals surface area contributed by atoms with E-state index in [9.17, 15) is 0 Å². The molecule has 1 heterocycles. The minimum atomic E-state index is 0.284. The van der Waals surface area contributed by atoms with Crippen LogP contribution in [0.3, 0.4) is 0 Å². The van der Waals surface area contributed by atoms with Crippen LogP contribution < -0.4 is 16.3 Å². The lowest BCUT2D eigenvalue weighted by molar-refractivity contribution is 0.0993. The molecule has 3 unspecified atom stereocenters. The lowest BCUT2D eigenvalue weighted by atomic mass is 9.77. The Balaban J connectivity index is 1.98. The van der Waals surface area contributed by atoms with Gasteiger partial charge in [0.1, 0.15) is 6.17 Å². The normalized spacial score (nSPS) is 31.2. The molecule has 2 fully saturated rings. The van der Waals surface area contributed by atoms with E-state index in [4.69, 9.17) is 5.10 Å². The molecule has 1 aliphatic carbocycles. The summed E-state index contributed by atoms with van der Waals surface area (Å²) in [6.45, 7) is 9.98. The van der Waals surface area contributed by atoms with Crippen molar-refractivity contribution in [2.75, 3.05) is 6.54 Å². The lowest BCUT2D eigenvalue weighted by Crippen LogP contribution is -2.61. The lowest BCUT2D eigenvalue weighted by Gasteiger charge is -2.42. The zero-order valence-electron chi connectivity index (χ0n) is 12.9. The zero-order chi connectivity index (χ0) is 13.8. The highest BCUT2D eigenvalue weighted by Gasteiger charge is 2.34. The van der Waals surface area contributed by atoms with Gasteiger partial charge in [-0.25, -0.2) is 5.43 Å². The quantitative estimate of drug-likeness (QED) is 0.541. The van der Waals surface area contributed by atoms with Gasteiger partial charge in [-0.3, -0.25) is 10.9 Å². The van der Waals surface area contributed by atoms with Crippen molar-refractivity contribution in [1.82, 2.24) is 16.3 Å². The van der Waals surface area contributed by atoms with Crippen molar-refractivity contribution in [3.05, 3.63) is 0 Å². The molecule has 4 heteroatoms. The molecule has 3 atom stereocenters. The number of hydrazine groups is 1. The summed E-state index contributed by atoms with van der Waals surface area (Å²) in [4.78, 5) is 0. The van der Waals surface area contributed by atoms with E-state index in [0.717, 1.165) is 18.4 Å². The Hall–Kier alpha value is -0.610. The molecule has 0 aromatic carbocycles. The molecule has 0 aromatic heterocycles. The van der Waals surface area contributed by atoms with E-state index in [0.29, 0.717) is 11.8 Å². The van der Waals surface area contributed by atoms with Gasteiger partial charge in [-0.2, -0.15) is 5.10 Å². The van der Waals surface area contributed by atoms with Crippen molar-refractivity contribution in [1.29, 1.82) is 0 Å². The molecular formula is C15H30N4. The highest BCUT2D eigenvalue weighted by molar-refractivity contribution is 5.87. The van der Waals surface area contributed by atoms with Crippen LogP contribution in [0, 0.1) is 23.7 Å². The predicted molar refractivity (Wildman–Crippen MR) is 80.6 cm³/mol. The fourth-order valence-corrected chi connectivity index (χ4v) is 3.53. The van der Waals surface area contributed by atoms with E-state index in [2.05, 4.69) is 44.0 Å². The predicted octanol–water partition coefficient (Wildman–Crippen LogP) is 2.48. The Labute approximate surface area is 117 Å². The molecule has 0 amide bonds. The van der Waals surface area contributed by atoms with Crippen LogP contribution in [0.4, 0.5) is 0 Å². The van der Waals surface area contributed by atoms with Gasteiger partial charge in [0, 0.05) is 12.3 Å². The molecular weight excluding hydrogens is 236 g/mol. The van der Waals surface area contributed by atoms with Crippen molar-refractivity contribution >= 4 is 5.71 Å². The molecule has 0 bridgehead atoms.